The van der Waals surface area contributed by atoms with Crippen LogP contribution in [0.5, 0.6) is 11.5 Å². The molecule has 10 nitrogen and oxygen atoms in total. The molecule has 0 spiro atoms. The SMILES string of the molecule is CCCOc1ccc(C(O)=C2C(=O)C(=O)N(c3nc4ccc(OCC)cc4s3)C2c2cccc([N+](=O)[O-])c2)cc1. The Labute approximate surface area is 233 Å². The zero-order valence-corrected chi connectivity index (χ0v) is 22.5. The highest BCUT2D eigenvalue weighted by molar-refractivity contribution is 7.22. The van der Waals surface area contributed by atoms with Crippen LogP contribution in [-0.2, 0) is 9.59 Å². The Morgan fingerprint density at radius 2 is 1.80 bits per heavy atom. The van der Waals surface area contributed by atoms with Gasteiger partial charge in [-0.25, -0.2) is 4.98 Å². The van der Waals surface area contributed by atoms with Gasteiger partial charge in [0.1, 0.15) is 17.3 Å². The number of hydrogen-bond acceptors (Lipinski definition) is 9. The molecule has 1 saturated heterocycles. The zero-order chi connectivity index (χ0) is 28.4. The molecule has 1 atom stereocenters. The molecule has 40 heavy (non-hydrogen) atoms. The summed E-state index contributed by atoms with van der Waals surface area (Å²) in [4.78, 5) is 43.7. The number of nitrogens with zero attached hydrogens (tertiary/aromatic N) is 3. The number of non-ortho nitro benzene ring substituents is 1. The number of benzene rings is 3. The zero-order valence-electron chi connectivity index (χ0n) is 21.7. The minimum Gasteiger partial charge on any atom is -0.507 e. The van der Waals surface area contributed by atoms with E-state index in [9.17, 15) is 24.8 Å². The normalized spacial score (nSPS) is 16.4. The third-order valence-electron chi connectivity index (χ3n) is 6.31. The van der Waals surface area contributed by atoms with Crippen LogP contribution in [0.3, 0.4) is 0 Å². The molecule has 1 aliphatic heterocycles. The Morgan fingerprint density at radius 1 is 1.05 bits per heavy atom. The predicted molar refractivity (Wildman–Crippen MR) is 151 cm³/mol. The summed E-state index contributed by atoms with van der Waals surface area (Å²) < 4.78 is 11.9. The van der Waals surface area contributed by atoms with Crippen LogP contribution in [0.4, 0.5) is 10.8 Å². The molecule has 3 aromatic carbocycles. The Balaban J connectivity index is 1.66. The molecule has 0 saturated carbocycles. The molecule has 1 unspecified atom stereocenters. The molecular weight excluding hydrogens is 534 g/mol. The molecule has 1 N–H and O–H groups in total. The van der Waals surface area contributed by atoms with E-state index in [0.29, 0.717) is 35.8 Å². The topological polar surface area (TPSA) is 132 Å². The van der Waals surface area contributed by atoms with Gasteiger partial charge in [0.2, 0.25) is 0 Å². The molecule has 0 radical (unpaired) electrons. The number of ether oxygens (including phenoxy) is 2. The van der Waals surface area contributed by atoms with E-state index in [0.717, 1.165) is 11.1 Å². The fourth-order valence-corrected chi connectivity index (χ4v) is 5.51. The summed E-state index contributed by atoms with van der Waals surface area (Å²) in [5.41, 5.74) is 0.758. The number of nitro groups is 1. The lowest BCUT2D eigenvalue weighted by atomic mass is 9.95. The van der Waals surface area contributed by atoms with Gasteiger partial charge in [-0.1, -0.05) is 30.4 Å². The average Bonchev–Trinajstić information content (AvgIpc) is 3.49. The molecule has 5 rings (SSSR count). The van der Waals surface area contributed by atoms with E-state index in [-0.39, 0.29) is 22.0 Å². The van der Waals surface area contributed by atoms with Crippen molar-refractivity contribution in [2.45, 2.75) is 26.3 Å². The van der Waals surface area contributed by atoms with E-state index in [4.69, 9.17) is 9.47 Å². The van der Waals surface area contributed by atoms with Crippen LogP contribution in [0.2, 0.25) is 0 Å². The number of aliphatic hydroxyl groups is 1. The molecule has 11 heteroatoms. The van der Waals surface area contributed by atoms with Crippen molar-refractivity contribution in [3.63, 3.8) is 0 Å². The average molecular weight is 560 g/mol. The molecule has 2 heterocycles. The second kappa shape index (κ2) is 11.1. The summed E-state index contributed by atoms with van der Waals surface area (Å²) in [5.74, 6) is -0.998. The van der Waals surface area contributed by atoms with Crippen LogP contribution in [0.1, 0.15) is 37.4 Å². The maximum Gasteiger partial charge on any atom is 0.301 e. The van der Waals surface area contributed by atoms with Gasteiger partial charge >= 0.3 is 5.91 Å². The number of anilines is 1. The molecule has 1 fully saturated rings. The van der Waals surface area contributed by atoms with Gasteiger partial charge in [0, 0.05) is 17.7 Å². The summed E-state index contributed by atoms with van der Waals surface area (Å²) >= 11 is 1.18. The van der Waals surface area contributed by atoms with Crippen molar-refractivity contribution < 1.29 is 29.1 Å². The van der Waals surface area contributed by atoms with E-state index < -0.39 is 28.4 Å². The number of hydrogen-bond donors (Lipinski definition) is 1. The summed E-state index contributed by atoms with van der Waals surface area (Å²) in [5, 5.41) is 23.1. The lowest BCUT2D eigenvalue weighted by molar-refractivity contribution is -0.384. The monoisotopic (exact) mass is 559 g/mol. The van der Waals surface area contributed by atoms with Crippen molar-refractivity contribution in [1.82, 2.24) is 4.98 Å². The third-order valence-corrected chi connectivity index (χ3v) is 7.32. The number of amides is 1. The van der Waals surface area contributed by atoms with Crippen molar-refractivity contribution >= 4 is 49.8 Å². The maximum absolute atomic E-state index is 13.5. The maximum atomic E-state index is 13.5. The van der Waals surface area contributed by atoms with Gasteiger partial charge in [-0.15, -0.1) is 0 Å². The number of ketones is 1. The van der Waals surface area contributed by atoms with Crippen molar-refractivity contribution in [3.05, 3.63) is 93.5 Å². The molecule has 4 aromatic rings. The number of Topliss-reactive ketones (excluding diaryl/α,β-unsaturated/α-hetero) is 1. The van der Waals surface area contributed by atoms with Gasteiger partial charge < -0.3 is 14.6 Å². The first kappa shape index (κ1) is 26.8. The van der Waals surface area contributed by atoms with Gasteiger partial charge in [-0.2, -0.15) is 0 Å². The number of fused-ring (bicyclic) bond motifs is 1. The number of nitro benzene ring substituents is 1. The Bertz CT molecular complexity index is 1650. The fraction of sp³-hybridized carbons (Fsp3) is 0.207. The minimum atomic E-state index is -1.15. The number of aromatic nitrogens is 1. The van der Waals surface area contributed by atoms with Crippen LogP contribution < -0.4 is 14.4 Å². The highest BCUT2D eigenvalue weighted by atomic mass is 32.1. The molecule has 1 aromatic heterocycles. The first-order chi connectivity index (χ1) is 19.3. The standard InChI is InChI=1S/C29H25N3O7S/c1-3-14-39-20-10-8-17(9-11-20)26(33)24-25(18-6-5-7-19(15-18)32(36)37)31(28(35)27(24)34)29-30-22-13-12-21(38-4-2)16-23(22)40-29/h5-13,15-16,25,33H,3-4,14H2,1-2H3. The summed E-state index contributed by atoms with van der Waals surface area (Å²) in [6.45, 7) is 4.85. The number of aliphatic hydroxyl groups excluding tert-OH is 1. The van der Waals surface area contributed by atoms with Gasteiger partial charge in [0.05, 0.1) is 40.0 Å². The molecular formula is C29H25N3O7S. The van der Waals surface area contributed by atoms with Crippen molar-refractivity contribution in [1.29, 1.82) is 0 Å². The predicted octanol–water partition coefficient (Wildman–Crippen LogP) is 6.02. The van der Waals surface area contributed by atoms with Crippen molar-refractivity contribution in [2.24, 2.45) is 0 Å². The molecule has 1 amide bonds. The summed E-state index contributed by atoms with van der Waals surface area (Å²) in [6.07, 6.45) is 0.826. The van der Waals surface area contributed by atoms with Crippen LogP contribution in [0.25, 0.3) is 16.0 Å². The van der Waals surface area contributed by atoms with E-state index in [1.54, 1.807) is 48.5 Å². The molecule has 0 bridgehead atoms. The lowest BCUT2D eigenvalue weighted by Crippen LogP contribution is -2.29. The largest absolute Gasteiger partial charge is 0.507 e. The van der Waals surface area contributed by atoms with E-state index >= 15 is 0 Å². The Morgan fingerprint density at radius 3 is 2.50 bits per heavy atom. The highest BCUT2D eigenvalue weighted by Gasteiger charge is 2.48. The molecule has 204 valence electrons. The van der Waals surface area contributed by atoms with Gasteiger partial charge in [0.15, 0.2) is 5.13 Å². The Kier molecular flexibility index (Phi) is 7.47. The van der Waals surface area contributed by atoms with Gasteiger partial charge in [0.25, 0.3) is 11.5 Å². The quantitative estimate of drug-likeness (QED) is 0.0866. The number of carbonyl (C=O) groups excluding carboxylic acids is 2. The number of rotatable bonds is 9. The van der Waals surface area contributed by atoms with Crippen molar-refractivity contribution in [2.75, 3.05) is 18.1 Å². The minimum absolute atomic E-state index is 0.193. The fourth-order valence-electron chi connectivity index (χ4n) is 4.49. The van der Waals surface area contributed by atoms with E-state index in [1.807, 2.05) is 13.8 Å². The van der Waals surface area contributed by atoms with Crippen LogP contribution in [0, 0.1) is 10.1 Å². The first-order valence-electron chi connectivity index (χ1n) is 12.6. The summed E-state index contributed by atoms with van der Waals surface area (Å²) in [6, 6.07) is 16.3. The van der Waals surface area contributed by atoms with E-state index in [2.05, 4.69) is 4.98 Å². The van der Waals surface area contributed by atoms with Crippen molar-refractivity contribution in [3.8, 4) is 11.5 Å². The van der Waals surface area contributed by atoms with Gasteiger partial charge in [-0.3, -0.25) is 24.6 Å². The van der Waals surface area contributed by atoms with Crippen LogP contribution in [-0.4, -0.2) is 39.9 Å². The number of thiazole rings is 1. The number of carbonyl (C=O) groups is 2. The summed E-state index contributed by atoms with van der Waals surface area (Å²) in [7, 11) is 0. The second-order valence-electron chi connectivity index (χ2n) is 8.95. The van der Waals surface area contributed by atoms with E-state index in [1.165, 1.54) is 34.4 Å². The Hall–Kier alpha value is -4.77. The van der Waals surface area contributed by atoms with Crippen LogP contribution in [0.15, 0.2) is 72.3 Å². The second-order valence-corrected chi connectivity index (χ2v) is 9.96. The smallest absolute Gasteiger partial charge is 0.301 e. The van der Waals surface area contributed by atoms with Crippen LogP contribution >= 0.6 is 11.3 Å². The first-order valence-corrected chi connectivity index (χ1v) is 13.5. The van der Waals surface area contributed by atoms with Gasteiger partial charge in [-0.05, 0) is 61.4 Å². The molecule has 1 aliphatic rings. The molecule has 0 aliphatic carbocycles. The third kappa shape index (κ3) is 4.98. The lowest BCUT2D eigenvalue weighted by Gasteiger charge is -2.22. The highest BCUT2D eigenvalue weighted by Crippen LogP contribution is 2.45.